The number of benzene rings is 3. The van der Waals surface area contributed by atoms with Crippen molar-refractivity contribution in [2.24, 2.45) is 5.92 Å². The normalized spacial score (nSPS) is 22.7. The maximum absolute atomic E-state index is 13.5. The van der Waals surface area contributed by atoms with E-state index >= 15 is 0 Å². The maximum Gasteiger partial charge on any atom is 0.333 e. The summed E-state index contributed by atoms with van der Waals surface area (Å²) in [4.78, 5) is 63.8. The Labute approximate surface area is 260 Å². The van der Waals surface area contributed by atoms with Gasteiger partial charge in [-0.15, -0.1) is 0 Å². The van der Waals surface area contributed by atoms with E-state index in [0.29, 0.717) is 23.6 Å². The molecule has 0 saturated heterocycles. The van der Waals surface area contributed by atoms with Crippen LogP contribution >= 0.6 is 0 Å². The quantitative estimate of drug-likeness (QED) is 0.190. The highest BCUT2D eigenvalue weighted by Crippen LogP contribution is 2.50. The summed E-state index contributed by atoms with van der Waals surface area (Å²) < 4.78 is 5.83. The van der Waals surface area contributed by atoms with Gasteiger partial charge in [0.2, 0.25) is 12.3 Å². The first kappa shape index (κ1) is 31.2. The van der Waals surface area contributed by atoms with E-state index in [1.807, 2.05) is 30.3 Å². The third kappa shape index (κ3) is 6.11. The van der Waals surface area contributed by atoms with E-state index in [1.54, 1.807) is 24.3 Å². The summed E-state index contributed by atoms with van der Waals surface area (Å²) in [5.74, 6) is -4.67. The van der Waals surface area contributed by atoms with Crippen LogP contribution in [0.4, 0.5) is 5.69 Å². The number of carboxylic acids is 2. The number of carboxylic acid groups (broad SMARTS) is 2. The molecule has 0 heterocycles. The SMILES string of the molecule is O=CNC1(C(=O)O)C(c2ccc(OCc3ccccc3)cc2)CCC1(NC(=O)c1ccc(NC(=O)C2CCCC2)cc1)C(=O)O. The van der Waals surface area contributed by atoms with Gasteiger partial charge in [-0.3, -0.25) is 14.4 Å². The lowest BCUT2D eigenvalue weighted by atomic mass is 9.72. The van der Waals surface area contributed by atoms with Crippen molar-refractivity contribution < 1.29 is 38.9 Å². The van der Waals surface area contributed by atoms with E-state index in [0.717, 1.165) is 31.2 Å². The van der Waals surface area contributed by atoms with Crippen LogP contribution in [0.5, 0.6) is 5.75 Å². The summed E-state index contributed by atoms with van der Waals surface area (Å²) >= 11 is 0. The van der Waals surface area contributed by atoms with Gasteiger partial charge in [0.15, 0.2) is 11.1 Å². The van der Waals surface area contributed by atoms with Gasteiger partial charge < -0.3 is 30.9 Å². The van der Waals surface area contributed by atoms with E-state index in [1.165, 1.54) is 24.3 Å². The minimum atomic E-state index is -2.42. The first-order chi connectivity index (χ1) is 21.7. The van der Waals surface area contributed by atoms with Crippen molar-refractivity contribution in [3.63, 3.8) is 0 Å². The molecule has 0 aromatic heterocycles. The van der Waals surface area contributed by atoms with Gasteiger partial charge in [0.1, 0.15) is 12.4 Å². The molecule has 11 nitrogen and oxygen atoms in total. The summed E-state index contributed by atoms with van der Waals surface area (Å²) in [5, 5.41) is 28.7. The fourth-order valence-electron chi connectivity index (χ4n) is 6.63. The number of rotatable bonds is 12. The second kappa shape index (κ2) is 13.2. The van der Waals surface area contributed by atoms with Crippen LogP contribution in [-0.4, -0.2) is 51.5 Å². The van der Waals surface area contributed by atoms with Crippen LogP contribution in [-0.2, 0) is 25.8 Å². The molecule has 2 aliphatic carbocycles. The van der Waals surface area contributed by atoms with Gasteiger partial charge in [0.25, 0.3) is 5.91 Å². The first-order valence-electron chi connectivity index (χ1n) is 14.9. The van der Waals surface area contributed by atoms with E-state index in [2.05, 4.69) is 16.0 Å². The number of hydrogen-bond acceptors (Lipinski definition) is 6. The van der Waals surface area contributed by atoms with Crippen molar-refractivity contribution in [3.8, 4) is 5.75 Å². The molecule has 3 aromatic rings. The second-order valence-electron chi connectivity index (χ2n) is 11.5. The smallest absolute Gasteiger partial charge is 0.333 e. The Morgan fingerprint density at radius 3 is 2.11 bits per heavy atom. The topological polar surface area (TPSA) is 171 Å². The number of ether oxygens (including phenoxy) is 1. The fourth-order valence-corrected chi connectivity index (χ4v) is 6.63. The Balaban J connectivity index is 1.38. The monoisotopic (exact) mass is 613 g/mol. The second-order valence-corrected chi connectivity index (χ2v) is 11.5. The van der Waals surface area contributed by atoms with Gasteiger partial charge in [-0.2, -0.15) is 0 Å². The van der Waals surface area contributed by atoms with Gasteiger partial charge in [0.05, 0.1) is 0 Å². The van der Waals surface area contributed by atoms with Gasteiger partial charge in [-0.05, 0) is 73.2 Å². The largest absolute Gasteiger partial charge is 0.489 e. The predicted molar refractivity (Wildman–Crippen MR) is 164 cm³/mol. The Morgan fingerprint density at radius 1 is 0.844 bits per heavy atom. The summed E-state index contributed by atoms with van der Waals surface area (Å²) in [5.41, 5.74) is -2.85. The molecule has 2 fully saturated rings. The molecule has 3 unspecified atom stereocenters. The number of anilines is 1. The minimum Gasteiger partial charge on any atom is -0.489 e. The lowest BCUT2D eigenvalue weighted by molar-refractivity contribution is -0.160. The average Bonchev–Trinajstić information content (AvgIpc) is 3.70. The molecule has 3 aromatic carbocycles. The third-order valence-electron chi connectivity index (χ3n) is 8.99. The number of carbonyl (C=O) groups is 5. The Kier molecular flexibility index (Phi) is 9.17. The fraction of sp³-hybridized carbons (Fsp3) is 0.324. The molecule has 2 saturated carbocycles. The lowest BCUT2D eigenvalue weighted by Gasteiger charge is -2.42. The number of aliphatic carboxylic acids is 2. The molecule has 5 N–H and O–H groups in total. The van der Waals surface area contributed by atoms with Crippen molar-refractivity contribution >= 4 is 35.9 Å². The van der Waals surface area contributed by atoms with E-state index in [4.69, 9.17) is 4.74 Å². The molecule has 45 heavy (non-hydrogen) atoms. The molecule has 0 spiro atoms. The molecule has 234 valence electrons. The Hall–Kier alpha value is -5.19. The lowest BCUT2D eigenvalue weighted by Crippen LogP contribution is -2.75. The molecular weight excluding hydrogens is 578 g/mol. The van der Waals surface area contributed by atoms with E-state index < -0.39 is 34.8 Å². The van der Waals surface area contributed by atoms with Crippen LogP contribution in [0.2, 0.25) is 0 Å². The van der Waals surface area contributed by atoms with Crippen molar-refractivity contribution in [3.05, 3.63) is 95.6 Å². The number of amides is 3. The minimum absolute atomic E-state index is 0.0378. The van der Waals surface area contributed by atoms with Crippen LogP contribution in [0.3, 0.4) is 0 Å². The number of nitrogens with one attached hydrogen (secondary N) is 3. The molecule has 3 atom stereocenters. The van der Waals surface area contributed by atoms with Crippen LogP contribution in [0.25, 0.3) is 0 Å². The van der Waals surface area contributed by atoms with Crippen LogP contribution in [0.15, 0.2) is 78.9 Å². The van der Waals surface area contributed by atoms with Gasteiger partial charge >= 0.3 is 11.9 Å². The summed E-state index contributed by atoms with van der Waals surface area (Å²) in [7, 11) is 0. The maximum atomic E-state index is 13.5. The van der Waals surface area contributed by atoms with Crippen LogP contribution in [0.1, 0.15) is 65.9 Å². The van der Waals surface area contributed by atoms with Crippen LogP contribution < -0.4 is 20.7 Å². The highest BCUT2D eigenvalue weighted by Gasteiger charge is 2.70. The first-order valence-corrected chi connectivity index (χ1v) is 14.9. The highest BCUT2D eigenvalue weighted by molar-refractivity contribution is 6.03. The molecule has 3 amide bonds. The highest BCUT2D eigenvalue weighted by atomic mass is 16.5. The molecule has 0 bridgehead atoms. The predicted octanol–water partition coefficient (Wildman–Crippen LogP) is 4.09. The average molecular weight is 614 g/mol. The molecular formula is C34H35N3O8. The number of hydrogen-bond donors (Lipinski definition) is 5. The van der Waals surface area contributed by atoms with Crippen molar-refractivity contribution in [2.45, 2.75) is 62.1 Å². The Bertz CT molecular complexity index is 1550. The van der Waals surface area contributed by atoms with Crippen LogP contribution in [0, 0.1) is 5.92 Å². The standard InChI is InChI=1S/C34H35N3O8/c38-21-35-34(32(43)44)28(23-12-16-27(17-13-23)45-20-22-6-2-1-3-7-22)18-19-33(34,31(41)42)37-30(40)25-10-14-26(15-11-25)36-29(39)24-8-4-5-9-24/h1-3,6-7,10-17,21,24,28H,4-5,8-9,18-20H2,(H,35,38)(H,36,39)(H,37,40)(H,41,42)(H,43,44). The Morgan fingerprint density at radius 2 is 1.51 bits per heavy atom. The summed E-state index contributed by atoms with van der Waals surface area (Å²) in [6.07, 6.45) is 3.59. The van der Waals surface area contributed by atoms with Crippen molar-refractivity contribution in [1.29, 1.82) is 0 Å². The van der Waals surface area contributed by atoms with Crippen molar-refractivity contribution in [1.82, 2.24) is 10.6 Å². The van der Waals surface area contributed by atoms with Gasteiger partial charge in [-0.25, -0.2) is 9.59 Å². The summed E-state index contributed by atoms with van der Waals surface area (Å²) in [6, 6.07) is 22.0. The zero-order valence-corrected chi connectivity index (χ0v) is 24.5. The molecule has 0 aliphatic heterocycles. The van der Waals surface area contributed by atoms with E-state index in [9.17, 15) is 34.2 Å². The summed E-state index contributed by atoms with van der Waals surface area (Å²) in [6.45, 7) is 0.317. The van der Waals surface area contributed by atoms with Gasteiger partial charge in [0, 0.05) is 23.1 Å². The van der Waals surface area contributed by atoms with Gasteiger partial charge in [-0.1, -0.05) is 55.3 Å². The zero-order chi connectivity index (χ0) is 32.0. The molecule has 5 rings (SSSR count). The van der Waals surface area contributed by atoms with Crippen molar-refractivity contribution in [2.75, 3.05) is 5.32 Å². The number of carbonyl (C=O) groups excluding carboxylic acids is 3. The van der Waals surface area contributed by atoms with E-state index in [-0.39, 0.29) is 36.6 Å². The molecule has 2 aliphatic rings. The molecule has 11 heteroatoms. The molecule has 0 radical (unpaired) electrons. The third-order valence-corrected chi connectivity index (χ3v) is 8.99. The zero-order valence-electron chi connectivity index (χ0n) is 24.5.